The maximum atomic E-state index is 12.4. The molecule has 1 amide bonds. The van der Waals surface area contributed by atoms with Crippen LogP contribution in [0.4, 0.5) is 5.69 Å². The molecule has 0 saturated carbocycles. The molecule has 21 heavy (non-hydrogen) atoms. The number of halogens is 1. The van der Waals surface area contributed by atoms with Crippen molar-refractivity contribution >= 4 is 33.5 Å². The van der Waals surface area contributed by atoms with Crippen LogP contribution in [-0.4, -0.2) is 41.4 Å². The number of nitro groups is 1. The molecule has 0 atom stereocenters. The first-order valence-electron chi connectivity index (χ1n) is 6.30. The van der Waals surface area contributed by atoms with Crippen molar-refractivity contribution in [3.05, 3.63) is 38.3 Å². The van der Waals surface area contributed by atoms with E-state index >= 15 is 0 Å². The average molecular weight is 359 g/mol. The summed E-state index contributed by atoms with van der Waals surface area (Å²) >= 11 is 3.07. The Labute approximate surface area is 130 Å². The Kier molecular flexibility index (Phi) is 6.29. The lowest BCUT2D eigenvalue weighted by Crippen LogP contribution is -2.36. The minimum Gasteiger partial charge on any atom is -0.465 e. The molecule has 7 nitrogen and oxygen atoms in total. The highest BCUT2D eigenvalue weighted by Crippen LogP contribution is 2.29. The number of nitro benzene ring substituents is 1. The molecule has 0 aliphatic heterocycles. The predicted molar refractivity (Wildman–Crippen MR) is 79.0 cm³/mol. The molecule has 0 fully saturated rings. The smallest absolute Gasteiger partial charge is 0.325 e. The van der Waals surface area contributed by atoms with Gasteiger partial charge in [-0.15, -0.1) is 0 Å². The Morgan fingerprint density at radius 2 is 2.05 bits per heavy atom. The van der Waals surface area contributed by atoms with Crippen molar-refractivity contribution in [2.24, 2.45) is 0 Å². The van der Waals surface area contributed by atoms with Gasteiger partial charge in [0.05, 0.1) is 17.1 Å². The van der Waals surface area contributed by atoms with Crippen LogP contribution >= 0.6 is 15.9 Å². The molecule has 0 N–H and O–H groups in total. The van der Waals surface area contributed by atoms with Crippen LogP contribution in [0, 0.1) is 10.1 Å². The van der Waals surface area contributed by atoms with E-state index in [4.69, 9.17) is 4.74 Å². The number of amides is 1. The van der Waals surface area contributed by atoms with Crippen LogP contribution < -0.4 is 0 Å². The lowest BCUT2D eigenvalue weighted by Gasteiger charge is -2.20. The lowest BCUT2D eigenvalue weighted by atomic mass is 10.1. The third-order valence-corrected chi connectivity index (χ3v) is 3.53. The molecule has 0 bridgehead atoms. The molecule has 0 unspecified atom stereocenters. The first kappa shape index (κ1) is 17.1. The normalized spacial score (nSPS) is 10.0. The van der Waals surface area contributed by atoms with E-state index in [-0.39, 0.29) is 35.4 Å². The van der Waals surface area contributed by atoms with Gasteiger partial charge in [-0.1, -0.05) is 6.07 Å². The maximum absolute atomic E-state index is 12.4. The molecule has 114 valence electrons. The number of carbonyl (C=O) groups is 2. The van der Waals surface area contributed by atoms with Crippen LogP contribution in [0.15, 0.2) is 22.7 Å². The van der Waals surface area contributed by atoms with Gasteiger partial charge in [0.15, 0.2) is 0 Å². The van der Waals surface area contributed by atoms with Gasteiger partial charge in [-0.05, 0) is 35.8 Å². The van der Waals surface area contributed by atoms with E-state index in [1.807, 2.05) is 0 Å². The van der Waals surface area contributed by atoms with Crippen LogP contribution in [0.25, 0.3) is 0 Å². The molecule has 0 aliphatic rings. The molecule has 1 rings (SSSR count). The van der Waals surface area contributed by atoms with Crippen molar-refractivity contribution in [1.82, 2.24) is 4.90 Å². The van der Waals surface area contributed by atoms with E-state index in [0.29, 0.717) is 0 Å². The number of hydrogen-bond acceptors (Lipinski definition) is 5. The summed E-state index contributed by atoms with van der Waals surface area (Å²) in [4.78, 5) is 35.4. The van der Waals surface area contributed by atoms with Gasteiger partial charge in [-0.3, -0.25) is 19.7 Å². The SMILES string of the molecule is CCOC(=O)CN(CC)C(=O)c1cccc([N+](=O)[O-])c1Br. The average Bonchev–Trinajstić information content (AvgIpc) is 2.44. The van der Waals surface area contributed by atoms with Gasteiger partial charge in [0.1, 0.15) is 11.0 Å². The second-order valence-corrected chi connectivity index (χ2v) is 4.81. The first-order chi connectivity index (χ1) is 9.92. The van der Waals surface area contributed by atoms with E-state index < -0.39 is 16.8 Å². The Bertz CT molecular complexity index is 561. The predicted octanol–water partition coefficient (Wildman–Crippen LogP) is 2.38. The van der Waals surface area contributed by atoms with Crippen molar-refractivity contribution in [3.8, 4) is 0 Å². The van der Waals surface area contributed by atoms with Crippen LogP contribution in [0.5, 0.6) is 0 Å². The molecular formula is C13H15BrN2O5. The monoisotopic (exact) mass is 358 g/mol. The summed E-state index contributed by atoms with van der Waals surface area (Å²) in [5.74, 6) is -0.990. The van der Waals surface area contributed by atoms with Gasteiger partial charge in [0.25, 0.3) is 11.6 Å². The van der Waals surface area contributed by atoms with Gasteiger partial charge < -0.3 is 9.64 Å². The molecular weight excluding hydrogens is 344 g/mol. The van der Waals surface area contributed by atoms with Crippen molar-refractivity contribution < 1.29 is 19.2 Å². The fourth-order valence-corrected chi connectivity index (χ4v) is 2.26. The van der Waals surface area contributed by atoms with E-state index in [1.54, 1.807) is 13.8 Å². The van der Waals surface area contributed by atoms with Crippen LogP contribution in [0.2, 0.25) is 0 Å². The van der Waals surface area contributed by atoms with Crippen LogP contribution in [0.1, 0.15) is 24.2 Å². The van der Waals surface area contributed by atoms with Crippen molar-refractivity contribution in [2.45, 2.75) is 13.8 Å². The Morgan fingerprint density at radius 3 is 2.57 bits per heavy atom. The van der Waals surface area contributed by atoms with E-state index in [0.717, 1.165) is 0 Å². The summed E-state index contributed by atoms with van der Waals surface area (Å²) in [6.07, 6.45) is 0. The molecule has 0 aliphatic carbocycles. The molecule has 1 aromatic rings. The number of carbonyl (C=O) groups excluding carboxylic acids is 2. The first-order valence-corrected chi connectivity index (χ1v) is 7.09. The highest BCUT2D eigenvalue weighted by atomic mass is 79.9. The summed E-state index contributed by atoms with van der Waals surface area (Å²) in [5, 5.41) is 10.9. The Morgan fingerprint density at radius 1 is 1.38 bits per heavy atom. The van der Waals surface area contributed by atoms with Crippen LogP contribution in [0.3, 0.4) is 0 Å². The Balaban J connectivity index is 3.03. The van der Waals surface area contributed by atoms with E-state index in [9.17, 15) is 19.7 Å². The number of benzene rings is 1. The number of likely N-dealkylation sites (N-methyl/N-ethyl adjacent to an activating group) is 1. The van der Waals surface area contributed by atoms with Gasteiger partial charge in [0, 0.05) is 12.6 Å². The molecule has 0 aromatic heterocycles. The summed E-state index contributed by atoms with van der Waals surface area (Å²) in [7, 11) is 0. The molecule has 0 radical (unpaired) electrons. The fraction of sp³-hybridized carbons (Fsp3) is 0.385. The summed E-state index contributed by atoms with van der Waals surface area (Å²) in [5.41, 5.74) is -0.0663. The van der Waals surface area contributed by atoms with Crippen molar-refractivity contribution in [2.75, 3.05) is 19.7 Å². The minimum absolute atomic E-state index is 0.0994. The van der Waals surface area contributed by atoms with Crippen molar-refractivity contribution in [3.63, 3.8) is 0 Å². The molecule has 0 spiro atoms. The van der Waals surface area contributed by atoms with Gasteiger partial charge >= 0.3 is 5.97 Å². The fourth-order valence-electron chi connectivity index (χ4n) is 1.69. The largest absolute Gasteiger partial charge is 0.465 e. The maximum Gasteiger partial charge on any atom is 0.325 e. The molecule has 8 heteroatoms. The molecule has 0 saturated heterocycles. The second kappa shape index (κ2) is 7.72. The minimum atomic E-state index is -0.581. The Hall–Kier alpha value is -1.96. The molecule has 1 aromatic carbocycles. The van der Waals surface area contributed by atoms with Gasteiger partial charge in [0.2, 0.25) is 0 Å². The topological polar surface area (TPSA) is 89.8 Å². The molecule has 0 heterocycles. The van der Waals surface area contributed by atoms with Crippen molar-refractivity contribution in [1.29, 1.82) is 0 Å². The summed E-state index contributed by atoms with van der Waals surface area (Å²) in [6, 6.07) is 4.18. The summed E-state index contributed by atoms with van der Waals surface area (Å²) in [6.45, 7) is 3.70. The highest BCUT2D eigenvalue weighted by Gasteiger charge is 2.24. The van der Waals surface area contributed by atoms with Crippen LogP contribution in [-0.2, 0) is 9.53 Å². The highest BCUT2D eigenvalue weighted by molar-refractivity contribution is 9.10. The quantitative estimate of drug-likeness (QED) is 0.442. The number of esters is 1. The third kappa shape index (κ3) is 4.25. The number of rotatable bonds is 6. The zero-order chi connectivity index (χ0) is 16.0. The lowest BCUT2D eigenvalue weighted by molar-refractivity contribution is -0.385. The third-order valence-electron chi connectivity index (χ3n) is 2.70. The number of nitrogens with zero attached hydrogens (tertiary/aromatic N) is 2. The standard InChI is InChI=1S/C13H15BrN2O5/c1-3-15(8-11(17)21-4-2)13(18)9-6-5-7-10(12(9)14)16(19)20/h5-7H,3-4,8H2,1-2H3. The zero-order valence-corrected chi connectivity index (χ0v) is 13.3. The second-order valence-electron chi connectivity index (χ2n) is 4.02. The number of ether oxygens (including phenoxy) is 1. The van der Waals surface area contributed by atoms with Gasteiger partial charge in [-0.2, -0.15) is 0 Å². The summed E-state index contributed by atoms with van der Waals surface area (Å²) < 4.78 is 4.90. The van der Waals surface area contributed by atoms with E-state index in [2.05, 4.69) is 15.9 Å². The number of hydrogen-bond donors (Lipinski definition) is 0. The van der Waals surface area contributed by atoms with E-state index in [1.165, 1.54) is 23.1 Å². The zero-order valence-electron chi connectivity index (χ0n) is 11.7. The van der Waals surface area contributed by atoms with Gasteiger partial charge in [-0.25, -0.2) is 0 Å².